The molecule has 0 N–H and O–H groups in total. The third kappa shape index (κ3) is 3.42. The zero-order valence-corrected chi connectivity index (χ0v) is 15.4. The van der Waals surface area contributed by atoms with Gasteiger partial charge in [-0.15, -0.1) is 10.2 Å². The van der Waals surface area contributed by atoms with Crippen LogP contribution in [-0.4, -0.2) is 27.3 Å². The quantitative estimate of drug-likeness (QED) is 0.475. The number of rotatable bonds is 5. The van der Waals surface area contributed by atoms with E-state index >= 15 is 0 Å². The maximum atomic E-state index is 12.0. The number of carbonyl (C=O) groups is 1. The molecular formula is C23H19N3O2. The molecule has 0 amide bonds. The van der Waals surface area contributed by atoms with Crippen molar-refractivity contribution in [1.82, 2.24) is 14.8 Å². The lowest BCUT2D eigenvalue weighted by molar-refractivity contribution is 0.0526. The molecule has 0 saturated carbocycles. The van der Waals surface area contributed by atoms with Crippen LogP contribution in [0.1, 0.15) is 17.3 Å². The lowest BCUT2D eigenvalue weighted by Crippen LogP contribution is -2.05. The van der Waals surface area contributed by atoms with Gasteiger partial charge in [0.25, 0.3) is 0 Å². The third-order valence-electron chi connectivity index (χ3n) is 4.36. The first-order valence-electron chi connectivity index (χ1n) is 9.11. The highest BCUT2D eigenvalue weighted by molar-refractivity contribution is 5.89. The number of carbonyl (C=O) groups excluding carboxylic acids is 1. The van der Waals surface area contributed by atoms with Crippen LogP contribution in [0.5, 0.6) is 0 Å². The van der Waals surface area contributed by atoms with Crippen molar-refractivity contribution in [1.29, 1.82) is 0 Å². The molecule has 0 aliphatic rings. The number of hydrogen-bond donors (Lipinski definition) is 0. The molecule has 138 valence electrons. The maximum absolute atomic E-state index is 12.0. The van der Waals surface area contributed by atoms with E-state index in [1.807, 2.05) is 77.4 Å². The summed E-state index contributed by atoms with van der Waals surface area (Å²) in [6, 6.07) is 27.1. The molecule has 0 unspecified atom stereocenters. The first-order chi connectivity index (χ1) is 13.8. The SMILES string of the molecule is CCOC(=O)c1ccc(-n2c(-c3ccccc3)nnc2-c2ccccc2)cc1. The van der Waals surface area contributed by atoms with Crippen LogP contribution in [0, 0.1) is 0 Å². The molecule has 0 spiro atoms. The molecule has 4 aromatic rings. The average Bonchev–Trinajstić information content (AvgIpc) is 3.20. The summed E-state index contributed by atoms with van der Waals surface area (Å²) < 4.78 is 7.07. The van der Waals surface area contributed by atoms with E-state index in [0.717, 1.165) is 28.5 Å². The van der Waals surface area contributed by atoms with Crippen LogP contribution < -0.4 is 0 Å². The standard InChI is InChI=1S/C23H19N3O2/c1-2-28-23(27)19-13-15-20(16-14-19)26-21(17-9-5-3-6-10-17)24-25-22(26)18-11-7-4-8-12-18/h3-16H,2H2,1H3. The van der Waals surface area contributed by atoms with Gasteiger partial charge in [-0.1, -0.05) is 60.7 Å². The van der Waals surface area contributed by atoms with Gasteiger partial charge in [-0.05, 0) is 31.2 Å². The van der Waals surface area contributed by atoms with Gasteiger partial charge in [0.15, 0.2) is 11.6 Å². The van der Waals surface area contributed by atoms with Crippen molar-refractivity contribution in [3.8, 4) is 28.5 Å². The normalized spacial score (nSPS) is 10.6. The van der Waals surface area contributed by atoms with Gasteiger partial charge in [0.2, 0.25) is 0 Å². The topological polar surface area (TPSA) is 57.0 Å². The van der Waals surface area contributed by atoms with Gasteiger partial charge >= 0.3 is 5.97 Å². The molecule has 1 aromatic heterocycles. The van der Waals surface area contributed by atoms with E-state index in [9.17, 15) is 4.79 Å². The fourth-order valence-corrected chi connectivity index (χ4v) is 3.04. The molecule has 0 saturated heterocycles. The summed E-state index contributed by atoms with van der Waals surface area (Å²) in [6.07, 6.45) is 0. The van der Waals surface area contributed by atoms with Crippen molar-refractivity contribution >= 4 is 5.97 Å². The molecule has 0 bridgehead atoms. The Morgan fingerprint density at radius 3 is 1.75 bits per heavy atom. The molecule has 5 heteroatoms. The van der Waals surface area contributed by atoms with E-state index in [2.05, 4.69) is 10.2 Å². The molecule has 0 aliphatic carbocycles. The second kappa shape index (κ2) is 7.88. The Labute approximate surface area is 163 Å². The first-order valence-corrected chi connectivity index (χ1v) is 9.11. The van der Waals surface area contributed by atoms with Gasteiger partial charge < -0.3 is 4.74 Å². The molecule has 0 atom stereocenters. The summed E-state index contributed by atoms with van der Waals surface area (Å²) in [6.45, 7) is 2.14. The van der Waals surface area contributed by atoms with Gasteiger partial charge in [-0.3, -0.25) is 4.57 Å². The Kier molecular flexibility index (Phi) is 4.97. The minimum absolute atomic E-state index is 0.329. The molecule has 28 heavy (non-hydrogen) atoms. The fourth-order valence-electron chi connectivity index (χ4n) is 3.04. The van der Waals surface area contributed by atoms with Crippen molar-refractivity contribution in [3.63, 3.8) is 0 Å². The highest BCUT2D eigenvalue weighted by Gasteiger charge is 2.17. The summed E-state index contributed by atoms with van der Waals surface area (Å²) in [5.74, 6) is 1.15. The molecule has 5 nitrogen and oxygen atoms in total. The number of nitrogens with zero attached hydrogens (tertiary/aromatic N) is 3. The highest BCUT2D eigenvalue weighted by Crippen LogP contribution is 2.28. The largest absolute Gasteiger partial charge is 0.462 e. The maximum Gasteiger partial charge on any atom is 0.338 e. The van der Waals surface area contributed by atoms with Crippen LogP contribution in [0.4, 0.5) is 0 Å². The van der Waals surface area contributed by atoms with Crippen molar-refractivity contribution in [2.75, 3.05) is 6.61 Å². The van der Waals surface area contributed by atoms with E-state index in [1.54, 1.807) is 19.1 Å². The number of ether oxygens (including phenoxy) is 1. The molecule has 1 heterocycles. The lowest BCUT2D eigenvalue weighted by Gasteiger charge is -2.11. The zero-order valence-electron chi connectivity index (χ0n) is 15.4. The molecule has 0 fully saturated rings. The molecule has 0 aliphatic heterocycles. The summed E-state index contributed by atoms with van der Waals surface area (Å²) in [5, 5.41) is 8.89. The molecule has 0 radical (unpaired) electrons. The average molecular weight is 369 g/mol. The van der Waals surface area contributed by atoms with Crippen molar-refractivity contribution in [3.05, 3.63) is 90.5 Å². The Hall–Kier alpha value is -3.73. The minimum atomic E-state index is -0.329. The van der Waals surface area contributed by atoms with Crippen LogP contribution in [0.15, 0.2) is 84.9 Å². The molecule has 4 rings (SSSR count). The van der Waals surface area contributed by atoms with Gasteiger partial charge in [0, 0.05) is 16.8 Å². The predicted molar refractivity (Wildman–Crippen MR) is 108 cm³/mol. The van der Waals surface area contributed by atoms with E-state index in [1.165, 1.54) is 0 Å². The van der Waals surface area contributed by atoms with Crippen molar-refractivity contribution in [2.45, 2.75) is 6.92 Å². The number of hydrogen-bond acceptors (Lipinski definition) is 4. The van der Waals surface area contributed by atoms with Crippen LogP contribution in [-0.2, 0) is 4.74 Å². The van der Waals surface area contributed by atoms with Crippen LogP contribution in [0.2, 0.25) is 0 Å². The summed E-state index contributed by atoms with van der Waals surface area (Å²) in [5.41, 5.74) is 3.32. The predicted octanol–water partition coefficient (Wildman–Crippen LogP) is 4.78. The smallest absolute Gasteiger partial charge is 0.338 e. The summed E-state index contributed by atoms with van der Waals surface area (Å²) >= 11 is 0. The zero-order chi connectivity index (χ0) is 19.3. The van der Waals surface area contributed by atoms with Crippen LogP contribution in [0.25, 0.3) is 28.5 Å². The van der Waals surface area contributed by atoms with E-state index in [-0.39, 0.29) is 5.97 Å². The fraction of sp³-hybridized carbons (Fsp3) is 0.0870. The molecular weight excluding hydrogens is 350 g/mol. The number of benzene rings is 3. The van der Waals surface area contributed by atoms with E-state index in [0.29, 0.717) is 12.2 Å². The Balaban J connectivity index is 1.84. The summed E-state index contributed by atoms with van der Waals surface area (Å²) in [7, 11) is 0. The van der Waals surface area contributed by atoms with Crippen molar-refractivity contribution in [2.24, 2.45) is 0 Å². The number of esters is 1. The Morgan fingerprint density at radius 1 is 0.786 bits per heavy atom. The van der Waals surface area contributed by atoms with Crippen LogP contribution >= 0.6 is 0 Å². The first kappa shape index (κ1) is 17.7. The van der Waals surface area contributed by atoms with E-state index < -0.39 is 0 Å². The van der Waals surface area contributed by atoms with Gasteiger partial charge in [0.1, 0.15) is 0 Å². The lowest BCUT2D eigenvalue weighted by atomic mass is 10.1. The van der Waals surface area contributed by atoms with Gasteiger partial charge in [-0.25, -0.2) is 4.79 Å². The highest BCUT2D eigenvalue weighted by atomic mass is 16.5. The Bertz CT molecular complexity index is 1020. The second-order valence-electron chi connectivity index (χ2n) is 6.18. The van der Waals surface area contributed by atoms with Crippen molar-refractivity contribution < 1.29 is 9.53 Å². The molecule has 3 aromatic carbocycles. The number of aromatic nitrogens is 3. The Morgan fingerprint density at radius 2 is 1.29 bits per heavy atom. The second-order valence-corrected chi connectivity index (χ2v) is 6.18. The van der Waals surface area contributed by atoms with E-state index in [4.69, 9.17) is 4.74 Å². The van der Waals surface area contributed by atoms with Gasteiger partial charge in [-0.2, -0.15) is 0 Å². The summed E-state index contributed by atoms with van der Waals surface area (Å²) in [4.78, 5) is 12.0. The third-order valence-corrected chi connectivity index (χ3v) is 4.36. The van der Waals surface area contributed by atoms with Crippen LogP contribution in [0.3, 0.4) is 0 Å². The minimum Gasteiger partial charge on any atom is -0.462 e. The monoisotopic (exact) mass is 369 g/mol. The van der Waals surface area contributed by atoms with Gasteiger partial charge in [0.05, 0.1) is 12.2 Å².